The van der Waals surface area contributed by atoms with Crippen molar-refractivity contribution >= 4 is 5.97 Å². The second kappa shape index (κ2) is 51.3. The average molecular weight is 2030 g/mol. The molecule has 13 nitrogen and oxygen atoms in total. The van der Waals surface area contributed by atoms with Crippen LogP contribution in [0.3, 0.4) is 0 Å². The Bertz CT molecular complexity index is 5080. The molecule has 828 valence electrons. The number of benzene rings is 7. The van der Waals surface area contributed by atoms with Crippen molar-refractivity contribution in [2.45, 2.75) is 530 Å². The third-order valence-corrected chi connectivity index (χ3v) is 29.8. The molecule has 3 fully saturated rings. The predicted octanol–water partition coefficient (Wildman–Crippen LogP) is 37.9. The zero-order valence-corrected chi connectivity index (χ0v) is 102. The van der Waals surface area contributed by atoms with Gasteiger partial charge in [0.1, 0.15) is 52.1 Å². The molecular formula is C134H214O13. The highest BCUT2D eigenvalue weighted by Crippen LogP contribution is 2.53. The second-order valence-corrected chi connectivity index (χ2v) is 58.5. The lowest BCUT2D eigenvalue weighted by atomic mass is 9.69. The molecular weight excluding hydrogens is 1820 g/mol. The molecule has 0 amide bonds. The van der Waals surface area contributed by atoms with E-state index in [1.165, 1.54) is 107 Å². The van der Waals surface area contributed by atoms with Crippen LogP contribution in [0.1, 0.15) is 549 Å². The summed E-state index contributed by atoms with van der Waals surface area (Å²) in [6.45, 7) is 104. The molecule has 0 bridgehead atoms. The van der Waals surface area contributed by atoms with Crippen LogP contribution in [-0.4, -0.2) is 60.2 Å². The maximum Gasteiger partial charge on any atom is 0.335 e. The van der Waals surface area contributed by atoms with Crippen molar-refractivity contribution in [3.05, 3.63) is 209 Å². The van der Waals surface area contributed by atoms with Crippen LogP contribution in [-0.2, 0) is 90.6 Å². The summed E-state index contributed by atoms with van der Waals surface area (Å²) >= 11 is 0. The SMILES string of the molecule is C=CC(=O)Oc1c(Cc2cc(C)cc(C(C)(C)C)c2O)cc(C)cc1C(C)(C)C.CC(C)(C)CC(C)(C)c1cc(O)c(C(C)(C)CC(C)(C)C)cc1O.CCCC1CCC(c2cc(C(C)(C)C)c(O)c(C(C)(C)C)c2)CC1.CCCC1COC(c2cc(C(C)(C)C)c(O)c(C(C)(C)C)c2)OC1.CCCCCC1CCC(CC(OO)c2cc(C(C)(C)C)c(O)c(C(C)(C)C)c2)CC1.Cc1cc(C(C)(C)C)c(O)c(C(C)(C)C)c1. The number of aryl methyl sites for hydroxylation is 3. The number of hydrogen-bond donors (Lipinski definition) is 8. The molecule has 2 aliphatic carbocycles. The summed E-state index contributed by atoms with van der Waals surface area (Å²) in [5.41, 5.74) is 18.9. The molecule has 1 atom stereocenters. The monoisotopic (exact) mass is 2030 g/mol. The van der Waals surface area contributed by atoms with E-state index in [9.17, 15) is 45.8 Å². The van der Waals surface area contributed by atoms with Gasteiger partial charge in [0.15, 0.2) is 6.29 Å². The molecule has 1 saturated heterocycles. The summed E-state index contributed by atoms with van der Waals surface area (Å²) in [6.07, 6.45) is 24.5. The highest BCUT2D eigenvalue weighted by atomic mass is 17.1. The number of phenols is 7. The van der Waals surface area contributed by atoms with Crippen molar-refractivity contribution in [2.75, 3.05) is 13.2 Å². The predicted molar refractivity (Wildman–Crippen MR) is 624 cm³/mol. The summed E-state index contributed by atoms with van der Waals surface area (Å²) in [5, 5.41) is 85.3. The molecule has 147 heavy (non-hydrogen) atoms. The van der Waals surface area contributed by atoms with Crippen molar-refractivity contribution in [1.29, 1.82) is 0 Å². The van der Waals surface area contributed by atoms with Gasteiger partial charge in [-0.3, -0.25) is 5.26 Å². The minimum atomic E-state index is -0.482. The molecule has 1 heterocycles. The zero-order chi connectivity index (χ0) is 113. The fraction of sp³-hybridized carbons (Fsp3) is 0.664. The van der Waals surface area contributed by atoms with Crippen molar-refractivity contribution in [3.8, 4) is 46.0 Å². The van der Waals surface area contributed by atoms with E-state index in [1.54, 1.807) is 12.1 Å². The Kier molecular flexibility index (Phi) is 45.2. The van der Waals surface area contributed by atoms with Gasteiger partial charge in [-0.15, -0.1) is 0 Å². The molecule has 10 rings (SSSR count). The van der Waals surface area contributed by atoms with Gasteiger partial charge in [0, 0.05) is 40.7 Å². The Labute approximate surface area is 898 Å². The van der Waals surface area contributed by atoms with Gasteiger partial charge >= 0.3 is 5.97 Å². The molecule has 13 heteroatoms. The smallest absolute Gasteiger partial charge is 0.335 e. The number of esters is 1. The van der Waals surface area contributed by atoms with Gasteiger partial charge < -0.3 is 50.0 Å². The zero-order valence-electron chi connectivity index (χ0n) is 102. The standard InChI is InChI=1S/C27H46O3.C26H34O3.C23H38O.C22H38O2.C21H34O3.C15H24O/c1-8-9-10-11-19-12-14-20(15-13-19)16-24(30-29)21-17-22(26(2,3)4)25(28)23(18-21)27(5,6)7;1-10-22(27)29-24-19(12-17(3)14-21(24)26(7,8)9)15-18-11-16(2)13-20(23(18)28)25(4,5)6;1-8-9-16-10-12-17(13-11-16)18-14-19(22(2,3)4)21(24)20(15-18)23(5,6)7;1-19(2,3)13-21(7,8)15-11-18(24)16(12-17(15)23)22(9,10)14-20(4,5)6;1-8-9-14-12-23-19(24-13-14)15-10-16(20(2,3)4)18(22)17(11-15)21(5,6)7;1-10-8-11(14(2,3)4)13(16)12(9-10)15(5,6)7/h17-20,24,28-29H,8-16H2,1-7H3;10-14,28H,1,15H2,2-9H3;14-17,24H,8-13H2,1-7H3;11-12,23-24H,13-14H2,1-10H3;10-11,14,19,22H,8-9,12-13H2,1-7H3;8-9,16H,1-7H3. The molecule has 0 aromatic heterocycles. The van der Waals surface area contributed by atoms with Crippen LogP contribution in [0, 0.1) is 55.3 Å². The van der Waals surface area contributed by atoms with Gasteiger partial charge in [0.05, 0.1) is 13.2 Å². The minimum absolute atomic E-state index is 0.0178. The summed E-state index contributed by atoms with van der Waals surface area (Å²) in [5.74, 6) is 6.30. The summed E-state index contributed by atoms with van der Waals surface area (Å²) < 4.78 is 17.7. The van der Waals surface area contributed by atoms with Gasteiger partial charge in [-0.1, -0.05) is 440 Å². The average Bonchev–Trinajstić information content (AvgIpc) is 0.779. The fourth-order valence-electron chi connectivity index (χ4n) is 22.4. The van der Waals surface area contributed by atoms with Crippen LogP contribution < -0.4 is 4.74 Å². The van der Waals surface area contributed by atoms with Crippen LogP contribution in [0.2, 0.25) is 0 Å². The van der Waals surface area contributed by atoms with Crippen LogP contribution >= 0.6 is 0 Å². The van der Waals surface area contributed by atoms with Gasteiger partial charge in [-0.2, -0.15) is 0 Å². The molecule has 3 aliphatic rings. The maximum absolute atomic E-state index is 12.1. The normalized spacial score (nSPS) is 17.9. The highest BCUT2D eigenvalue weighted by Gasteiger charge is 2.40. The molecule has 1 aliphatic heterocycles. The topological polar surface area (TPSA) is 216 Å². The van der Waals surface area contributed by atoms with E-state index in [-0.39, 0.29) is 88.2 Å². The number of unbranched alkanes of at least 4 members (excludes halogenated alkanes) is 2. The third kappa shape index (κ3) is 38.7. The van der Waals surface area contributed by atoms with Crippen LogP contribution in [0.5, 0.6) is 46.0 Å². The fourth-order valence-corrected chi connectivity index (χ4v) is 22.4. The first-order valence-electron chi connectivity index (χ1n) is 56.2. The van der Waals surface area contributed by atoms with E-state index in [4.69, 9.17) is 19.1 Å². The van der Waals surface area contributed by atoms with E-state index < -0.39 is 5.97 Å². The molecule has 0 spiro atoms. The van der Waals surface area contributed by atoms with Crippen molar-refractivity contribution < 1.29 is 64.9 Å². The van der Waals surface area contributed by atoms with Crippen molar-refractivity contribution in [2.24, 2.45) is 34.5 Å². The number of phenolic OH excluding ortho intramolecular Hbond substituents is 7. The Hall–Kier alpha value is -7.81. The first-order valence-corrected chi connectivity index (χ1v) is 56.2. The maximum atomic E-state index is 12.1. The van der Waals surface area contributed by atoms with Crippen molar-refractivity contribution in [1.82, 2.24) is 0 Å². The molecule has 8 N–H and O–H groups in total. The first-order chi connectivity index (χ1) is 66.8. The Morgan fingerprint density at radius 3 is 0.980 bits per heavy atom. The first kappa shape index (κ1) is 130. The Balaban J connectivity index is 0.000000313. The molecule has 1 unspecified atom stereocenters. The van der Waals surface area contributed by atoms with E-state index in [1.807, 2.05) is 44.2 Å². The highest BCUT2D eigenvalue weighted by molar-refractivity contribution is 5.84. The van der Waals surface area contributed by atoms with E-state index >= 15 is 0 Å². The van der Waals surface area contributed by atoms with Crippen LogP contribution in [0.15, 0.2) is 97.6 Å². The Morgan fingerprint density at radius 1 is 0.347 bits per heavy atom. The van der Waals surface area contributed by atoms with Crippen LogP contribution in [0.25, 0.3) is 0 Å². The van der Waals surface area contributed by atoms with Gasteiger partial charge in [0.2, 0.25) is 0 Å². The lowest BCUT2D eigenvalue weighted by Crippen LogP contribution is -2.28. The van der Waals surface area contributed by atoms with Gasteiger partial charge in [-0.05, 0) is 280 Å². The lowest BCUT2D eigenvalue weighted by Gasteiger charge is -2.36. The molecule has 2 saturated carbocycles. The quantitative estimate of drug-likeness (QED) is 0.00604. The summed E-state index contributed by atoms with van der Waals surface area (Å²) in [4.78, 5) is 17.1. The second-order valence-electron chi connectivity index (χ2n) is 58.5. The molecule has 7 aromatic carbocycles. The molecule has 0 radical (unpaired) electrons. The van der Waals surface area contributed by atoms with E-state index in [2.05, 4.69) is 354 Å². The third-order valence-electron chi connectivity index (χ3n) is 29.8. The number of hydrogen-bond acceptors (Lipinski definition) is 13. The minimum Gasteiger partial charge on any atom is -0.508 e. The van der Waals surface area contributed by atoms with Gasteiger partial charge in [-0.25, -0.2) is 9.68 Å². The van der Waals surface area contributed by atoms with E-state index in [0.29, 0.717) is 70.2 Å². The largest absolute Gasteiger partial charge is 0.508 e. The number of rotatable bonds is 22. The molecule has 7 aromatic rings. The van der Waals surface area contributed by atoms with Gasteiger partial charge in [0.25, 0.3) is 0 Å². The van der Waals surface area contributed by atoms with Crippen molar-refractivity contribution in [3.63, 3.8) is 0 Å². The number of aromatic hydroxyl groups is 7. The number of ether oxygens (including phenoxy) is 3. The Morgan fingerprint density at radius 2 is 0.646 bits per heavy atom. The summed E-state index contributed by atoms with van der Waals surface area (Å²) in [6, 6.07) is 28.7. The number of carbonyl (C=O) groups excluding carboxylic acids is 1. The van der Waals surface area contributed by atoms with E-state index in [0.717, 1.165) is 157 Å². The number of carbonyl (C=O) groups is 1. The lowest BCUT2D eigenvalue weighted by molar-refractivity contribution is -0.285. The van der Waals surface area contributed by atoms with Crippen LogP contribution in [0.4, 0.5) is 0 Å². The summed E-state index contributed by atoms with van der Waals surface area (Å²) in [7, 11) is 0.